The van der Waals surface area contributed by atoms with Crippen LogP contribution in [0.3, 0.4) is 0 Å². The van der Waals surface area contributed by atoms with Gasteiger partial charge in [0.2, 0.25) is 5.13 Å². The molecule has 1 aliphatic rings. The first kappa shape index (κ1) is 13.5. The maximum Gasteiger partial charge on any atom is 0.203 e. The molecule has 1 aromatic carbocycles. The summed E-state index contributed by atoms with van der Waals surface area (Å²) in [5.41, 5.74) is 6.64. The fourth-order valence-electron chi connectivity index (χ4n) is 2.09. The van der Waals surface area contributed by atoms with Crippen molar-refractivity contribution in [2.75, 3.05) is 5.43 Å². The van der Waals surface area contributed by atoms with Gasteiger partial charge < -0.3 is 0 Å². The molecule has 0 spiro atoms. The first-order valence-electron chi connectivity index (χ1n) is 6.80. The van der Waals surface area contributed by atoms with Crippen LogP contribution in [0.15, 0.2) is 46.9 Å². The summed E-state index contributed by atoms with van der Waals surface area (Å²) in [6.07, 6.45) is 7.52. The van der Waals surface area contributed by atoms with Crippen LogP contribution in [0.5, 0.6) is 0 Å². The minimum atomic E-state index is 0.655. The number of nitriles is 1. The molecule has 0 bridgehead atoms. The van der Waals surface area contributed by atoms with Crippen molar-refractivity contribution in [3.05, 3.63) is 47.4 Å². The second-order valence-corrected chi connectivity index (χ2v) is 5.59. The van der Waals surface area contributed by atoms with E-state index in [0.29, 0.717) is 5.56 Å². The second-order valence-electron chi connectivity index (χ2n) is 4.74. The molecule has 21 heavy (non-hydrogen) atoms. The molecule has 0 amide bonds. The van der Waals surface area contributed by atoms with E-state index in [-0.39, 0.29) is 0 Å². The van der Waals surface area contributed by atoms with E-state index in [9.17, 15) is 0 Å². The van der Waals surface area contributed by atoms with Gasteiger partial charge in [-0.2, -0.15) is 10.4 Å². The van der Waals surface area contributed by atoms with E-state index in [0.717, 1.165) is 41.4 Å². The predicted molar refractivity (Wildman–Crippen MR) is 86.3 cm³/mol. The average Bonchev–Trinajstić information content (AvgIpc) is 3.03. The van der Waals surface area contributed by atoms with Gasteiger partial charge in [0.25, 0.3) is 0 Å². The molecule has 3 rings (SSSR count). The molecule has 1 aromatic heterocycles. The monoisotopic (exact) mass is 294 g/mol. The lowest BCUT2D eigenvalue weighted by Crippen LogP contribution is -2.02. The third-order valence-corrected chi connectivity index (χ3v) is 3.97. The van der Waals surface area contributed by atoms with Crippen LogP contribution in [-0.2, 0) is 0 Å². The lowest BCUT2D eigenvalue weighted by molar-refractivity contribution is 0.877. The zero-order valence-electron chi connectivity index (χ0n) is 11.4. The number of allylic oxidation sites excluding steroid dienone is 2. The van der Waals surface area contributed by atoms with Crippen molar-refractivity contribution in [2.24, 2.45) is 5.10 Å². The van der Waals surface area contributed by atoms with Crippen molar-refractivity contribution in [1.29, 1.82) is 5.26 Å². The molecule has 0 fully saturated rings. The van der Waals surface area contributed by atoms with E-state index in [1.165, 1.54) is 11.3 Å². The largest absolute Gasteiger partial charge is 0.252 e. The van der Waals surface area contributed by atoms with Crippen molar-refractivity contribution in [3.63, 3.8) is 0 Å². The highest BCUT2D eigenvalue weighted by molar-refractivity contribution is 7.14. The molecule has 0 unspecified atom stereocenters. The standard InChI is InChI=1S/C16H14N4S/c17-10-12-6-8-13(9-7-12)15-11-21-16(18-15)20-19-14-4-2-1-3-5-14/h2,4,6-9,11H,1,3,5H2,(H,18,20)/b19-14-. The van der Waals surface area contributed by atoms with Crippen molar-refractivity contribution in [3.8, 4) is 17.3 Å². The number of anilines is 1. The lowest BCUT2D eigenvalue weighted by Gasteiger charge is -2.05. The Hall–Kier alpha value is -2.45. The van der Waals surface area contributed by atoms with Gasteiger partial charge in [-0.15, -0.1) is 11.3 Å². The van der Waals surface area contributed by atoms with Crippen LogP contribution in [0, 0.1) is 11.3 Å². The Balaban J connectivity index is 1.72. The van der Waals surface area contributed by atoms with E-state index in [1.807, 2.05) is 17.5 Å². The molecule has 5 heteroatoms. The summed E-state index contributed by atoms with van der Waals surface area (Å²) in [5.74, 6) is 0. The maximum absolute atomic E-state index is 8.80. The number of aromatic nitrogens is 1. The highest BCUT2D eigenvalue weighted by atomic mass is 32.1. The number of benzene rings is 1. The molecule has 2 aromatic rings. The van der Waals surface area contributed by atoms with Gasteiger partial charge in [-0.1, -0.05) is 18.2 Å². The molecular formula is C16H14N4S. The predicted octanol–water partition coefficient (Wildman–Crippen LogP) is 4.19. The van der Waals surface area contributed by atoms with Crippen molar-refractivity contribution in [1.82, 2.24) is 4.98 Å². The van der Waals surface area contributed by atoms with E-state index < -0.39 is 0 Å². The summed E-state index contributed by atoms with van der Waals surface area (Å²) in [6, 6.07) is 9.53. The summed E-state index contributed by atoms with van der Waals surface area (Å²) in [4.78, 5) is 4.51. The van der Waals surface area contributed by atoms with E-state index >= 15 is 0 Å². The Morgan fingerprint density at radius 1 is 1.29 bits per heavy atom. The van der Waals surface area contributed by atoms with Gasteiger partial charge >= 0.3 is 0 Å². The van der Waals surface area contributed by atoms with Gasteiger partial charge in [0, 0.05) is 10.9 Å². The summed E-state index contributed by atoms with van der Waals surface area (Å²) in [7, 11) is 0. The van der Waals surface area contributed by atoms with Gasteiger partial charge in [0.05, 0.1) is 23.0 Å². The van der Waals surface area contributed by atoms with Crippen LogP contribution >= 0.6 is 11.3 Å². The molecule has 1 heterocycles. The fourth-order valence-corrected chi connectivity index (χ4v) is 2.75. The smallest absolute Gasteiger partial charge is 0.203 e. The third kappa shape index (κ3) is 3.36. The van der Waals surface area contributed by atoms with Gasteiger partial charge in [-0.25, -0.2) is 4.98 Å². The molecule has 0 saturated heterocycles. The van der Waals surface area contributed by atoms with Gasteiger partial charge in [0.1, 0.15) is 0 Å². The number of hydrogen-bond acceptors (Lipinski definition) is 5. The van der Waals surface area contributed by atoms with E-state index in [1.54, 1.807) is 12.1 Å². The molecule has 1 N–H and O–H groups in total. The van der Waals surface area contributed by atoms with Crippen LogP contribution in [0.25, 0.3) is 11.3 Å². The molecule has 0 atom stereocenters. The van der Waals surface area contributed by atoms with Gasteiger partial charge in [0.15, 0.2) is 0 Å². The number of thiazole rings is 1. The van der Waals surface area contributed by atoms with Crippen LogP contribution in [0.4, 0.5) is 5.13 Å². The number of hydrazone groups is 1. The van der Waals surface area contributed by atoms with Crippen molar-refractivity contribution in [2.45, 2.75) is 19.3 Å². The minimum absolute atomic E-state index is 0.655. The first-order valence-corrected chi connectivity index (χ1v) is 7.68. The summed E-state index contributed by atoms with van der Waals surface area (Å²) in [6.45, 7) is 0. The molecule has 104 valence electrons. The second kappa shape index (κ2) is 6.33. The highest BCUT2D eigenvalue weighted by Gasteiger charge is 2.05. The quantitative estimate of drug-likeness (QED) is 0.863. The SMILES string of the molecule is N#Cc1ccc(-c2csc(N/N=C3/C=CCCC3)n2)cc1. The molecular weight excluding hydrogens is 280 g/mol. The van der Waals surface area contributed by atoms with Crippen LogP contribution in [-0.4, -0.2) is 10.7 Å². The zero-order valence-corrected chi connectivity index (χ0v) is 12.2. The average molecular weight is 294 g/mol. The topological polar surface area (TPSA) is 61.1 Å². The first-order chi connectivity index (χ1) is 10.3. The Morgan fingerprint density at radius 2 is 2.14 bits per heavy atom. The van der Waals surface area contributed by atoms with Crippen molar-refractivity contribution < 1.29 is 0 Å². The van der Waals surface area contributed by atoms with Crippen molar-refractivity contribution >= 4 is 22.2 Å². The summed E-state index contributed by atoms with van der Waals surface area (Å²) >= 11 is 1.52. The Labute approximate surface area is 127 Å². The molecule has 0 radical (unpaired) electrons. The zero-order chi connectivity index (χ0) is 14.5. The Bertz CT molecular complexity index is 719. The van der Waals surface area contributed by atoms with Gasteiger partial charge in [-0.3, -0.25) is 5.43 Å². The normalized spacial score (nSPS) is 15.9. The van der Waals surface area contributed by atoms with E-state index in [2.05, 4.69) is 33.7 Å². The maximum atomic E-state index is 8.80. The highest BCUT2D eigenvalue weighted by Crippen LogP contribution is 2.25. The summed E-state index contributed by atoms with van der Waals surface area (Å²) in [5, 5.41) is 15.9. The molecule has 4 nitrogen and oxygen atoms in total. The molecule has 0 aliphatic heterocycles. The fraction of sp³-hybridized carbons (Fsp3) is 0.188. The lowest BCUT2D eigenvalue weighted by atomic mass is 10.1. The van der Waals surface area contributed by atoms with Crippen LogP contribution in [0.2, 0.25) is 0 Å². The third-order valence-electron chi connectivity index (χ3n) is 3.22. The van der Waals surface area contributed by atoms with Gasteiger partial charge in [-0.05, 0) is 37.5 Å². The van der Waals surface area contributed by atoms with Crippen LogP contribution in [0.1, 0.15) is 24.8 Å². The molecule has 0 saturated carbocycles. The number of nitrogens with one attached hydrogen (secondary N) is 1. The summed E-state index contributed by atoms with van der Waals surface area (Å²) < 4.78 is 0. The molecule has 1 aliphatic carbocycles. The Morgan fingerprint density at radius 3 is 2.86 bits per heavy atom. The number of nitrogens with zero attached hydrogens (tertiary/aromatic N) is 3. The van der Waals surface area contributed by atoms with Crippen LogP contribution < -0.4 is 5.43 Å². The number of hydrogen-bond donors (Lipinski definition) is 1. The van der Waals surface area contributed by atoms with E-state index in [4.69, 9.17) is 5.26 Å². The minimum Gasteiger partial charge on any atom is -0.252 e. The Kier molecular flexibility index (Phi) is 4.08. The number of rotatable bonds is 3.